The monoisotopic (exact) mass is 273 g/mol. The molecule has 0 aliphatic heterocycles. The van der Waals surface area contributed by atoms with Gasteiger partial charge in [0.15, 0.2) is 0 Å². The van der Waals surface area contributed by atoms with Gasteiger partial charge in [-0.2, -0.15) is 0 Å². The fourth-order valence-electron chi connectivity index (χ4n) is 1.36. The Morgan fingerprint density at radius 2 is 2.14 bits per heavy atom. The van der Waals surface area contributed by atoms with E-state index in [-0.39, 0.29) is 5.82 Å². The molecule has 1 aromatic carbocycles. The highest BCUT2D eigenvalue weighted by Crippen LogP contribution is 2.27. The molecule has 72 valence electrons. The lowest BCUT2D eigenvalue weighted by molar-refractivity contribution is 0.632. The molecular weight excluding hydrogens is 268 g/mol. The summed E-state index contributed by atoms with van der Waals surface area (Å²) in [5, 5.41) is 0.864. The molecule has 0 aliphatic carbocycles. The lowest BCUT2D eigenvalue weighted by atomic mass is 10.1. The average molecular weight is 275 g/mol. The van der Waals surface area contributed by atoms with Gasteiger partial charge in [0, 0.05) is 5.39 Å². The first kappa shape index (κ1) is 9.87. The molecule has 14 heavy (non-hydrogen) atoms. The van der Waals surface area contributed by atoms with Crippen LogP contribution in [0.5, 0.6) is 0 Å². The molecular formula is C10H6BrClFN. The zero-order valence-corrected chi connectivity index (χ0v) is 9.66. The van der Waals surface area contributed by atoms with Crippen molar-refractivity contribution < 1.29 is 4.39 Å². The second-order valence-electron chi connectivity index (χ2n) is 3.02. The summed E-state index contributed by atoms with van der Waals surface area (Å²) in [7, 11) is 0. The smallest absolute Gasteiger partial charge is 0.146 e. The van der Waals surface area contributed by atoms with Crippen LogP contribution in [0.4, 0.5) is 4.39 Å². The quantitative estimate of drug-likeness (QED) is 0.659. The molecule has 0 fully saturated rings. The Balaban J connectivity index is 2.94. The van der Waals surface area contributed by atoms with Crippen LogP contribution in [-0.4, -0.2) is 4.98 Å². The zero-order valence-electron chi connectivity index (χ0n) is 7.31. The number of benzene rings is 1. The molecule has 0 amide bonds. The van der Waals surface area contributed by atoms with Crippen molar-refractivity contribution >= 4 is 38.4 Å². The van der Waals surface area contributed by atoms with Crippen molar-refractivity contribution in [2.75, 3.05) is 0 Å². The van der Waals surface area contributed by atoms with Gasteiger partial charge in [-0.15, -0.1) is 0 Å². The van der Waals surface area contributed by atoms with Crippen LogP contribution >= 0.6 is 27.5 Å². The number of nitrogens with zero attached hydrogens (tertiary/aromatic N) is 1. The fourth-order valence-corrected chi connectivity index (χ4v) is 2.07. The number of pyridine rings is 1. The van der Waals surface area contributed by atoms with E-state index in [2.05, 4.69) is 20.9 Å². The van der Waals surface area contributed by atoms with Gasteiger partial charge in [0.25, 0.3) is 0 Å². The van der Waals surface area contributed by atoms with Crippen molar-refractivity contribution in [2.24, 2.45) is 0 Å². The first-order valence-electron chi connectivity index (χ1n) is 4.00. The Labute approximate surface area is 94.0 Å². The standard InChI is InChI=1S/C10H6BrClFN/c1-5-4-7(11)9(13)6-2-3-8(12)14-10(5)6/h2-4H,1H3. The van der Waals surface area contributed by atoms with Crippen molar-refractivity contribution in [1.29, 1.82) is 0 Å². The van der Waals surface area contributed by atoms with Gasteiger partial charge in [0.1, 0.15) is 11.0 Å². The number of aromatic nitrogens is 1. The maximum atomic E-state index is 13.6. The first-order valence-corrected chi connectivity index (χ1v) is 5.17. The third-order valence-corrected chi connectivity index (χ3v) is 2.81. The summed E-state index contributed by atoms with van der Waals surface area (Å²) >= 11 is 8.89. The molecule has 2 aromatic rings. The van der Waals surface area contributed by atoms with E-state index in [1.807, 2.05) is 6.92 Å². The Hall–Kier alpha value is -0.670. The van der Waals surface area contributed by atoms with Crippen LogP contribution in [-0.2, 0) is 0 Å². The minimum atomic E-state index is -0.297. The van der Waals surface area contributed by atoms with E-state index >= 15 is 0 Å². The van der Waals surface area contributed by atoms with Gasteiger partial charge in [-0.05, 0) is 46.6 Å². The van der Waals surface area contributed by atoms with Crippen molar-refractivity contribution in [3.05, 3.63) is 39.2 Å². The van der Waals surface area contributed by atoms with Crippen molar-refractivity contribution in [1.82, 2.24) is 4.98 Å². The van der Waals surface area contributed by atoms with E-state index in [9.17, 15) is 4.39 Å². The van der Waals surface area contributed by atoms with Gasteiger partial charge in [0.2, 0.25) is 0 Å². The predicted octanol–water partition coefficient (Wildman–Crippen LogP) is 4.10. The lowest BCUT2D eigenvalue weighted by Gasteiger charge is -2.04. The summed E-state index contributed by atoms with van der Waals surface area (Å²) in [6.07, 6.45) is 0. The summed E-state index contributed by atoms with van der Waals surface area (Å²) in [6, 6.07) is 4.91. The summed E-state index contributed by atoms with van der Waals surface area (Å²) in [6.45, 7) is 1.87. The largest absolute Gasteiger partial charge is 0.236 e. The summed E-state index contributed by atoms with van der Waals surface area (Å²) in [5.74, 6) is -0.297. The molecule has 1 heterocycles. The molecule has 4 heteroatoms. The number of fused-ring (bicyclic) bond motifs is 1. The van der Waals surface area contributed by atoms with E-state index in [1.165, 1.54) is 0 Å². The van der Waals surface area contributed by atoms with Crippen LogP contribution in [0.15, 0.2) is 22.7 Å². The lowest BCUT2D eigenvalue weighted by Crippen LogP contribution is -1.89. The summed E-state index contributed by atoms with van der Waals surface area (Å²) in [5.41, 5.74) is 1.51. The Morgan fingerprint density at radius 1 is 1.43 bits per heavy atom. The van der Waals surface area contributed by atoms with E-state index in [0.29, 0.717) is 20.5 Å². The van der Waals surface area contributed by atoms with Crippen LogP contribution in [0.25, 0.3) is 10.9 Å². The normalized spacial score (nSPS) is 10.9. The fraction of sp³-hybridized carbons (Fsp3) is 0.100. The molecule has 0 N–H and O–H groups in total. The SMILES string of the molecule is Cc1cc(Br)c(F)c2ccc(Cl)nc12. The Morgan fingerprint density at radius 3 is 2.86 bits per heavy atom. The van der Waals surface area contributed by atoms with Gasteiger partial charge in [0.05, 0.1) is 9.99 Å². The molecule has 0 aliphatic rings. The molecule has 0 spiro atoms. The molecule has 0 unspecified atom stereocenters. The number of halogens is 3. The van der Waals surface area contributed by atoms with E-state index in [0.717, 1.165) is 5.56 Å². The molecule has 1 aromatic heterocycles. The molecule has 0 bridgehead atoms. The van der Waals surface area contributed by atoms with Crippen LogP contribution in [0, 0.1) is 12.7 Å². The highest BCUT2D eigenvalue weighted by atomic mass is 79.9. The molecule has 0 radical (unpaired) electrons. The Bertz CT molecular complexity index is 513. The second kappa shape index (κ2) is 3.48. The van der Waals surface area contributed by atoms with Gasteiger partial charge < -0.3 is 0 Å². The average Bonchev–Trinajstić information content (AvgIpc) is 2.14. The van der Waals surface area contributed by atoms with Crippen molar-refractivity contribution in [3.63, 3.8) is 0 Å². The van der Waals surface area contributed by atoms with Crippen molar-refractivity contribution in [2.45, 2.75) is 6.92 Å². The number of hydrogen-bond acceptors (Lipinski definition) is 1. The van der Waals surface area contributed by atoms with E-state index in [1.54, 1.807) is 18.2 Å². The van der Waals surface area contributed by atoms with Crippen LogP contribution in [0.2, 0.25) is 5.15 Å². The molecule has 1 nitrogen and oxygen atoms in total. The highest BCUT2D eigenvalue weighted by Gasteiger charge is 2.09. The number of rotatable bonds is 0. The number of aryl methyl sites for hydroxylation is 1. The molecule has 0 atom stereocenters. The maximum Gasteiger partial charge on any atom is 0.146 e. The maximum absolute atomic E-state index is 13.6. The Kier molecular flexibility index (Phi) is 2.45. The molecule has 2 rings (SSSR count). The highest BCUT2D eigenvalue weighted by molar-refractivity contribution is 9.10. The van der Waals surface area contributed by atoms with E-state index < -0.39 is 0 Å². The second-order valence-corrected chi connectivity index (χ2v) is 4.26. The van der Waals surface area contributed by atoms with Gasteiger partial charge in [-0.3, -0.25) is 0 Å². The van der Waals surface area contributed by atoms with Gasteiger partial charge in [-0.25, -0.2) is 9.37 Å². The van der Waals surface area contributed by atoms with Crippen LogP contribution in [0.1, 0.15) is 5.56 Å². The topological polar surface area (TPSA) is 12.9 Å². The summed E-state index contributed by atoms with van der Waals surface area (Å²) < 4.78 is 14.0. The van der Waals surface area contributed by atoms with Crippen LogP contribution < -0.4 is 0 Å². The minimum absolute atomic E-state index is 0.297. The number of hydrogen-bond donors (Lipinski definition) is 0. The van der Waals surface area contributed by atoms with E-state index in [4.69, 9.17) is 11.6 Å². The third-order valence-electron chi connectivity index (χ3n) is 2.02. The van der Waals surface area contributed by atoms with Crippen LogP contribution in [0.3, 0.4) is 0 Å². The predicted molar refractivity (Wildman–Crippen MR) is 59.1 cm³/mol. The van der Waals surface area contributed by atoms with Gasteiger partial charge >= 0.3 is 0 Å². The summed E-state index contributed by atoms with van der Waals surface area (Å²) in [4.78, 5) is 4.08. The minimum Gasteiger partial charge on any atom is -0.236 e. The van der Waals surface area contributed by atoms with Crippen molar-refractivity contribution in [3.8, 4) is 0 Å². The zero-order chi connectivity index (χ0) is 10.3. The van der Waals surface area contributed by atoms with Gasteiger partial charge in [-0.1, -0.05) is 11.6 Å². The third kappa shape index (κ3) is 1.51. The molecule has 0 saturated heterocycles. The first-order chi connectivity index (χ1) is 6.59. The molecule has 0 saturated carbocycles.